The average Bonchev–Trinajstić information content (AvgIpc) is 2.75. The number of rotatable bonds is 6. The van der Waals surface area contributed by atoms with Gasteiger partial charge in [0.15, 0.2) is 11.5 Å². The van der Waals surface area contributed by atoms with E-state index in [1.54, 1.807) is 54.6 Å². The molecule has 0 radical (unpaired) electrons. The third-order valence-electron chi connectivity index (χ3n) is 4.14. The minimum Gasteiger partial charge on any atom is -0.493 e. The van der Waals surface area contributed by atoms with Gasteiger partial charge in [0.05, 0.1) is 18.9 Å². The lowest BCUT2D eigenvalue weighted by Gasteiger charge is -2.10. The zero-order chi connectivity index (χ0) is 21.5. The highest BCUT2D eigenvalue weighted by atomic mass is 35.5. The van der Waals surface area contributed by atoms with Crippen LogP contribution in [-0.4, -0.2) is 25.2 Å². The molecule has 0 saturated carbocycles. The Labute approximate surface area is 179 Å². The topological polar surface area (TPSA) is 77.0 Å². The fourth-order valence-electron chi connectivity index (χ4n) is 2.56. The van der Waals surface area contributed by atoms with Gasteiger partial charge >= 0.3 is 5.97 Å². The van der Waals surface area contributed by atoms with Gasteiger partial charge in [-0.15, -0.1) is 0 Å². The van der Waals surface area contributed by atoms with E-state index in [0.717, 1.165) is 5.56 Å². The summed E-state index contributed by atoms with van der Waals surface area (Å²) >= 11 is 5.88. The number of hydrazone groups is 1. The van der Waals surface area contributed by atoms with Crippen LogP contribution in [0.25, 0.3) is 0 Å². The Morgan fingerprint density at radius 1 is 0.967 bits per heavy atom. The van der Waals surface area contributed by atoms with Crippen LogP contribution in [0.1, 0.15) is 31.8 Å². The Kier molecular flexibility index (Phi) is 6.83. The molecule has 30 heavy (non-hydrogen) atoms. The summed E-state index contributed by atoms with van der Waals surface area (Å²) in [6.45, 7) is 1.94. The number of nitrogens with one attached hydrogen (secondary N) is 1. The lowest BCUT2D eigenvalue weighted by atomic mass is 10.1. The molecule has 0 saturated heterocycles. The van der Waals surface area contributed by atoms with E-state index in [2.05, 4.69) is 10.5 Å². The minimum absolute atomic E-state index is 0.281. The highest BCUT2D eigenvalue weighted by Crippen LogP contribution is 2.28. The number of hydrogen-bond acceptors (Lipinski definition) is 5. The second kappa shape index (κ2) is 9.71. The lowest BCUT2D eigenvalue weighted by molar-refractivity contribution is 0.0729. The summed E-state index contributed by atoms with van der Waals surface area (Å²) in [7, 11) is 1.47. The van der Waals surface area contributed by atoms with E-state index in [1.807, 2.05) is 19.1 Å². The van der Waals surface area contributed by atoms with Crippen molar-refractivity contribution >= 4 is 29.7 Å². The summed E-state index contributed by atoms with van der Waals surface area (Å²) < 4.78 is 10.7. The molecule has 0 aromatic heterocycles. The van der Waals surface area contributed by atoms with Gasteiger partial charge in [0.1, 0.15) is 0 Å². The summed E-state index contributed by atoms with van der Waals surface area (Å²) in [5, 5.41) is 4.40. The number of halogens is 1. The first kappa shape index (κ1) is 21.1. The summed E-state index contributed by atoms with van der Waals surface area (Å²) in [5.41, 5.74) is 4.97. The van der Waals surface area contributed by atoms with Crippen LogP contribution in [0, 0.1) is 6.92 Å². The Balaban J connectivity index is 1.67. The minimum atomic E-state index is -0.483. The maximum absolute atomic E-state index is 12.3. The molecular formula is C23H19ClN2O4. The molecule has 0 aliphatic heterocycles. The number of aryl methyl sites for hydroxylation is 1. The molecule has 7 heteroatoms. The van der Waals surface area contributed by atoms with Gasteiger partial charge in [-0.05, 0) is 61.0 Å². The van der Waals surface area contributed by atoms with Crippen LogP contribution in [0.2, 0.25) is 5.02 Å². The van der Waals surface area contributed by atoms with Gasteiger partial charge in [-0.3, -0.25) is 4.79 Å². The molecule has 1 N–H and O–H groups in total. The van der Waals surface area contributed by atoms with Gasteiger partial charge in [0.2, 0.25) is 0 Å². The second-order valence-electron chi connectivity index (χ2n) is 6.38. The first-order chi connectivity index (χ1) is 14.5. The highest BCUT2D eigenvalue weighted by molar-refractivity contribution is 6.30. The number of carbonyl (C=O) groups excluding carboxylic acids is 2. The number of methoxy groups -OCH3 is 1. The maximum atomic E-state index is 12.3. The molecule has 0 fully saturated rings. The Bertz CT molecular complexity index is 1090. The van der Waals surface area contributed by atoms with Crippen LogP contribution < -0.4 is 14.9 Å². The van der Waals surface area contributed by atoms with E-state index in [1.165, 1.54) is 13.3 Å². The van der Waals surface area contributed by atoms with E-state index in [9.17, 15) is 9.59 Å². The molecule has 0 bridgehead atoms. The van der Waals surface area contributed by atoms with Crippen LogP contribution in [-0.2, 0) is 0 Å². The van der Waals surface area contributed by atoms with Gasteiger partial charge in [-0.1, -0.05) is 35.4 Å². The Hall–Kier alpha value is -3.64. The van der Waals surface area contributed by atoms with Crippen molar-refractivity contribution in [1.29, 1.82) is 0 Å². The molecule has 3 rings (SSSR count). The monoisotopic (exact) mass is 422 g/mol. The SMILES string of the molecule is COc1cc(/C=N\NC(=O)c2cccc(Cl)c2)ccc1OC(=O)c1ccc(C)cc1. The Morgan fingerprint density at radius 2 is 1.73 bits per heavy atom. The lowest BCUT2D eigenvalue weighted by Crippen LogP contribution is -2.17. The highest BCUT2D eigenvalue weighted by Gasteiger charge is 2.13. The summed E-state index contributed by atoms with van der Waals surface area (Å²) in [4.78, 5) is 24.4. The average molecular weight is 423 g/mol. The standard InChI is InChI=1S/C23H19ClN2O4/c1-15-6-9-17(10-7-15)23(28)30-20-11-8-16(12-21(20)29-2)14-25-26-22(27)18-4-3-5-19(24)13-18/h3-14H,1-2H3,(H,26,27)/b25-14-. The van der Waals surface area contributed by atoms with Gasteiger partial charge in [-0.2, -0.15) is 5.10 Å². The first-order valence-corrected chi connectivity index (χ1v) is 9.40. The smallest absolute Gasteiger partial charge is 0.343 e. The molecule has 3 aromatic rings. The molecule has 0 unspecified atom stereocenters. The summed E-state index contributed by atoms with van der Waals surface area (Å²) in [6.07, 6.45) is 1.45. The van der Waals surface area contributed by atoms with Crippen LogP contribution in [0.4, 0.5) is 0 Å². The zero-order valence-corrected chi connectivity index (χ0v) is 17.1. The zero-order valence-electron chi connectivity index (χ0n) is 16.4. The molecule has 6 nitrogen and oxygen atoms in total. The molecule has 0 heterocycles. The molecule has 152 valence electrons. The number of esters is 1. The predicted molar refractivity (Wildman–Crippen MR) is 116 cm³/mol. The van der Waals surface area contributed by atoms with Gasteiger partial charge in [0, 0.05) is 10.6 Å². The Morgan fingerprint density at radius 3 is 2.43 bits per heavy atom. The number of ether oxygens (including phenoxy) is 2. The van der Waals surface area contributed by atoms with Crippen molar-refractivity contribution in [3.05, 3.63) is 94.0 Å². The first-order valence-electron chi connectivity index (χ1n) is 9.02. The van der Waals surface area contributed by atoms with Crippen molar-refractivity contribution in [2.24, 2.45) is 5.10 Å². The van der Waals surface area contributed by atoms with Crippen molar-refractivity contribution in [2.75, 3.05) is 7.11 Å². The fourth-order valence-corrected chi connectivity index (χ4v) is 2.75. The molecular weight excluding hydrogens is 404 g/mol. The number of carbonyl (C=O) groups is 2. The molecule has 0 atom stereocenters. The number of amides is 1. The fraction of sp³-hybridized carbons (Fsp3) is 0.0870. The number of nitrogens with zero attached hydrogens (tertiary/aromatic N) is 1. The molecule has 0 spiro atoms. The number of benzene rings is 3. The van der Waals surface area contributed by atoms with E-state index >= 15 is 0 Å². The van der Waals surface area contributed by atoms with E-state index in [0.29, 0.717) is 27.5 Å². The van der Waals surface area contributed by atoms with Crippen LogP contribution in [0.15, 0.2) is 71.8 Å². The molecule has 0 aliphatic rings. The largest absolute Gasteiger partial charge is 0.493 e. The predicted octanol–water partition coefficient (Wildman–Crippen LogP) is 4.64. The quantitative estimate of drug-likeness (QED) is 0.272. The van der Waals surface area contributed by atoms with E-state index in [4.69, 9.17) is 21.1 Å². The van der Waals surface area contributed by atoms with Crippen LogP contribution >= 0.6 is 11.6 Å². The van der Waals surface area contributed by atoms with Gasteiger partial charge in [0.25, 0.3) is 5.91 Å². The van der Waals surface area contributed by atoms with Gasteiger partial charge in [-0.25, -0.2) is 10.2 Å². The van der Waals surface area contributed by atoms with Crippen molar-refractivity contribution in [1.82, 2.24) is 5.43 Å². The van der Waals surface area contributed by atoms with E-state index < -0.39 is 5.97 Å². The van der Waals surface area contributed by atoms with Crippen molar-refractivity contribution in [3.8, 4) is 11.5 Å². The maximum Gasteiger partial charge on any atom is 0.343 e. The molecule has 0 aliphatic carbocycles. The van der Waals surface area contributed by atoms with Crippen molar-refractivity contribution in [2.45, 2.75) is 6.92 Å². The second-order valence-corrected chi connectivity index (χ2v) is 6.81. The van der Waals surface area contributed by atoms with Crippen molar-refractivity contribution in [3.63, 3.8) is 0 Å². The molecule has 1 amide bonds. The summed E-state index contributed by atoms with van der Waals surface area (Å²) in [5.74, 6) is -0.225. The summed E-state index contributed by atoms with van der Waals surface area (Å²) in [6, 6.07) is 18.6. The third-order valence-corrected chi connectivity index (χ3v) is 4.38. The van der Waals surface area contributed by atoms with Crippen LogP contribution in [0.3, 0.4) is 0 Å². The third kappa shape index (κ3) is 5.46. The molecule has 3 aromatic carbocycles. The van der Waals surface area contributed by atoms with Gasteiger partial charge < -0.3 is 9.47 Å². The van der Waals surface area contributed by atoms with Crippen LogP contribution in [0.5, 0.6) is 11.5 Å². The number of hydrogen-bond donors (Lipinski definition) is 1. The van der Waals surface area contributed by atoms with Crippen molar-refractivity contribution < 1.29 is 19.1 Å². The van der Waals surface area contributed by atoms with E-state index in [-0.39, 0.29) is 11.7 Å². The normalized spacial score (nSPS) is 10.6.